The van der Waals surface area contributed by atoms with Gasteiger partial charge in [0.05, 0.1) is 30.1 Å². The van der Waals surface area contributed by atoms with Gasteiger partial charge in [0, 0.05) is 16.8 Å². The fourth-order valence-electron chi connectivity index (χ4n) is 4.24. The number of hydrogen-bond acceptors (Lipinski definition) is 6. The number of aromatic hydroxyl groups is 1. The maximum absolute atomic E-state index is 12.3. The molecule has 0 radical (unpaired) electrons. The number of ether oxygens (including phenoxy) is 1. The zero-order valence-electron chi connectivity index (χ0n) is 18.5. The van der Waals surface area contributed by atoms with Crippen molar-refractivity contribution in [1.29, 1.82) is 0 Å². The van der Waals surface area contributed by atoms with E-state index in [2.05, 4.69) is 10.3 Å². The van der Waals surface area contributed by atoms with E-state index in [1.165, 1.54) is 13.2 Å². The number of aromatic nitrogens is 1. The lowest BCUT2D eigenvalue weighted by molar-refractivity contribution is 0.0601. The number of methoxy groups -OCH3 is 1. The third-order valence-corrected chi connectivity index (χ3v) is 6.36. The van der Waals surface area contributed by atoms with Crippen molar-refractivity contribution in [2.45, 2.75) is 12.1 Å². The molecular formula is C26H20ClN3O4S. The number of nitrogens with zero attached hydrogens (tertiary/aromatic N) is 2. The SMILES string of the molecule is COC(=O)c1ccccc1-c1ccc([C@@H]2[C@@H](c3ccccn3)NC(=S)N2c2cc(Cl)ccc2O)o1. The van der Waals surface area contributed by atoms with Crippen molar-refractivity contribution in [3.05, 3.63) is 101 Å². The fourth-order valence-corrected chi connectivity index (χ4v) is 4.74. The van der Waals surface area contributed by atoms with Crippen LogP contribution >= 0.6 is 23.8 Å². The van der Waals surface area contributed by atoms with Crippen LogP contribution in [0.15, 0.2) is 83.4 Å². The molecule has 1 aliphatic heterocycles. The van der Waals surface area contributed by atoms with Crippen LogP contribution in [0.4, 0.5) is 5.69 Å². The molecule has 2 aromatic heterocycles. The molecule has 1 saturated heterocycles. The van der Waals surface area contributed by atoms with E-state index in [0.717, 1.165) is 5.69 Å². The van der Waals surface area contributed by atoms with E-state index >= 15 is 0 Å². The van der Waals surface area contributed by atoms with Crippen molar-refractivity contribution >= 4 is 40.6 Å². The number of carbonyl (C=O) groups excluding carboxylic acids is 1. The second kappa shape index (κ2) is 9.40. The van der Waals surface area contributed by atoms with E-state index in [1.807, 2.05) is 30.3 Å². The molecule has 2 atom stereocenters. The Kier molecular flexibility index (Phi) is 6.15. The number of phenolic OH excluding ortho intramolecular Hbond substituents is 1. The normalized spacial score (nSPS) is 17.3. The molecule has 9 heteroatoms. The van der Waals surface area contributed by atoms with Gasteiger partial charge in [-0.05, 0) is 60.7 Å². The predicted octanol–water partition coefficient (Wildman–Crippen LogP) is 5.66. The summed E-state index contributed by atoms with van der Waals surface area (Å²) < 4.78 is 11.2. The minimum atomic E-state index is -0.499. The van der Waals surface area contributed by atoms with E-state index < -0.39 is 12.0 Å². The number of anilines is 1. The van der Waals surface area contributed by atoms with Crippen molar-refractivity contribution in [3.63, 3.8) is 0 Å². The maximum atomic E-state index is 12.3. The second-order valence-electron chi connectivity index (χ2n) is 7.87. The molecule has 0 aliphatic carbocycles. The smallest absolute Gasteiger partial charge is 0.338 e. The summed E-state index contributed by atoms with van der Waals surface area (Å²) >= 11 is 11.9. The molecule has 4 aromatic rings. The Morgan fingerprint density at radius 2 is 1.94 bits per heavy atom. The van der Waals surface area contributed by atoms with Crippen molar-refractivity contribution in [1.82, 2.24) is 10.3 Å². The zero-order chi connectivity index (χ0) is 24.5. The van der Waals surface area contributed by atoms with Gasteiger partial charge in [0.25, 0.3) is 0 Å². The van der Waals surface area contributed by atoms with Crippen LogP contribution in [-0.2, 0) is 4.74 Å². The lowest BCUT2D eigenvalue weighted by Gasteiger charge is -2.26. The second-order valence-corrected chi connectivity index (χ2v) is 8.69. The van der Waals surface area contributed by atoms with Crippen LogP contribution in [0.1, 0.15) is 33.9 Å². The molecular weight excluding hydrogens is 486 g/mol. The van der Waals surface area contributed by atoms with Gasteiger partial charge in [0.15, 0.2) is 5.11 Å². The highest BCUT2D eigenvalue weighted by atomic mass is 35.5. The van der Waals surface area contributed by atoms with Crippen LogP contribution in [0.3, 0.4) is 0 Å². The van der Waals surface area contributed by atoms with Crippen LogP contribution in [0.25, 0.3) is 11.3 Å². The first-order valence-corrected chi connectivity index (χ1v) is 11.5. The summed E-state index contributed by atoms with van der Waals surface area (Å²) in [7, 11) is 1.34. The lowest BCUT2D eigenvalue weighted by atomic mass is 10.0. The molecule has 1 aliphatic rings. The summed E-state index contributed by atoms with van der Waals surface area (Å²) in [5.41, 5.74) is 2.18. The van der Waals surface area contributed by atoms with Gasteiger partial charge in [0.1, 0.15) is 23.3 Å². The zero-order valence-corrected chi connectivity index (χ0v) is 20.1. The van der Waals surface area contributed by atoms with Gasteiger partial charge in [0.2, 0.25) is 0 Å². The van der Waals surface area contributed by atoms with Crippen LogP contribution < -0.4 is 10.2 Å². The topological polar surface area (TPSA) is 87.8 Å². The van der Waals surface area contributed by atoms with Gasteiger partial charge in [-0.2, -0.15) is 0 Å². The van der Waals surface area contributed by atoms with Gasteiger partial charge in [-0.1, -0.05) is 35.9 Å². The van der Waals surface area contributed by atoms with Crippen molar-refractivity contribution in [3.8, 4) is 17.1 Å². The highest BCUT2D eigenvalue weighted by Crippen LogP contribution is 2.46. The Hall–Kier alpha value is -3.88. The summed E-state index contributed by atoms with van der Waals surface area (Å²) in [6.45, 7) is 0. The number of pyridine rings is 1. The number of carbonyl (C=O) groups is 1. The number of nitrogens with one attached hydrogen (secondary N) is 1. The van der Waals surface area contributed by atoms with E-state index in [9.17, 15) is 9.90 Å². The molecule has 176 valence electrons. The Balaban J connectivity index is 1.64. The summed E-state index contributed by atoms with van der Waals surface area (Å²) in [6.07, 6.45) is 1.71. The number of thiocarbonyl (C=S) groups is 1. The molecule has 5 rings (SSSR count). The number of furan rings is 1. The van der Waals surface area contributed by atoms with Gasteiger partial charge in [-0.25, -0.2) is 4.79 Å². The third kappa shape index (κ3) is 4.22. The largest absolute Gasteiger partial charge is 0.506 e. The molecule has 0 saturated carbocycles. The Labute approximate surface area is 211 Å². The van der Waals surface area contributed by atoms with Gasteiger partial charge in [-0.15, -0.1) is 0 Å². The fraction of sp³-hybridized carbons (Fsp3) is 0.115. The molecule has 7 nitrogen and oxygen atoms in total. The lowest BCUT2D eigenvalue weighted by Crippen LogP contribution is -2.29. The molecule has 2 aromatic carbocycles. The van der Waals surface area contributed by atoms with E-state index in [1.54, 1.807) is 47.5 Å². The summed E-state index contributed by atoms with van der Waals surface area (Å²) in [5.74, 6) is 0.614. The molecule has 3 heterocycles. The minimum absolute atomic E-state index is 0.0213. The summed E-state index contributed by atoms with van der Waals surface area (Å²) in [5, 5.41) is 14.8. The van der Waals surface area contributed by atoms with Crippen LogP contribution in [0, 0.1) is 0 Å². The average molecular weight is 506 g/mol. The number of esters is 1. The average Bonchev–Trinajstić information content (AvgIpc) is 3.50. The van der Waals surface area contributed by atoms with Gasteiger partial charge >= 0.3 is 5.97 Å². The minimum Gasteiger partial charge on any atom is -0.506 e. The first kappa shape index (κ1) is 22.9. The summed E-state index contributed by atoms with van der Waals surface area (Å²) in [6, 6.07) is 20.2. The first-order valence-electron chi connectivity index (χ1n) is 10.7. The number of rotatable bonds is 5. The Morgan fingerprint density at radius 1 is 1.14 bits per heavy atom. The Bertz CT molecular complexity index is 1410. The van der Waals surface area contributed by atoms with Crippen LogP contribution in [0.5, 0.6) is 5.75 Å². The molecule has 2 N–H and O–H groups in total. The van der Waals surface area contributed by atoms with Gasteiger partial charge < -0.3 is 24.5 Å². The quantitative estimate of drug-likeness (QED) is 0.265. The first-order chi connectivity index (χ1) is 17.0. The molecule has 0 spiro atoms. The highest BCUT2D eigenvalue weighted by Gasteiger charge is 2.43. The van der Waals surface area contributed by atoms with Crippen LogP contribution in [-0.4, -0.2) is 28.3 Å². The van der Waals surface area contributed by atoms with E-state index in [-0.39, 0.29) is 11.8 Å². The summed E-state index contributed by atoms with van der Waals surface area (Å²) in [4.78, 5) is 18.6. The standard InChI is InChI=1S/C26H20ClN3O4S/c1-33-25(32)17-7-3-2-6-16(17)21-11-12-22(34-21)24-23(18-8-4-5-13-28-18)29-26(35)30(24)19-14-15(27)9-10-20(19)31/h2-14,23-24,31H,1H3,(H,29,35)/t23-,24-/m1/s1. The van der Waals surface area contributed by atoms with Crippen molar-refractivity contribution in [2.75, 3.05) is 12.0 Å². The van der Waals surface area contributed by atoms with Crippen molar-refractivity contribution in [2.24, 2.45) is 0 Å². The Morgan fingerprint density at radius 3 is 2.71 bits per heavy atom. The number of benzene rings is 2. The number of hydrogen-bond donors (Lipinski definition) is 2. The molecule has 35 heavy (non-hydrogen) atoms. The molecule has 0 bridgehead atoms. The molecule has 0 amide bonds. The van der Waals surface area contributed by atoms with E-state index in [4.69, 9.17) is 33.0 Å². The molecule has 1 fully saturated rings. The predicted molar refractivity (Wildman–Crippen MR) is 137 cm³/mol. The number of phenols is 1. The monoisotopic (exact) mass is 505 g/mol. The van der Waals surface area contributed by atoms with E-state index in [0.29, 0.717) is 38.5 Å². The van der Waals surface area contributed by atoms with Crippen LogP contribution in [0.2, 0.25) is 5.02 Å². The third-order valence-electron chi connectivity index (χ3n) is 5.81. The molecule has 0 unspecified atom stereocenters. The van der Waals surface area contributed by atoms with Crippen molar-refractivity contribution < 1.29 is 19.1 Å². The highest BCUT2D eigenvalue weighted by molar-refractivity contribution is 7.80. The number of halogens is 1. The maximum Gasteiger partial charge on any atom is 0.338 e. The van der Waals surface area contributed by atoms with Gasteiger partial charge in [-0.3, -0.25) is 4.98 Å².